The van der Waals surface area contributed by atoms with Crippen LogP contribution in [0.25, 0.3) is 0 Å². The molecule has 2 aromatic rings. The molecule has 1 aliphatic rings. The van der Waals surface area contributed by atoms with Crippen LogP contribution in [-0.4, -0.2) is 74.8 Å². The first kappa shape index (κ1) is 21.3. The van der Waals surface area contributed by atoms with E-state index in [1.807, 2.05) is 16.8 Å². The van der Waals surface area contributed by atoms with Crippen LogP contribution in [0, 0.1) is 0 Å². The van der Waals surface area contributed by atoms with Gasteiger partial charge < -0.3 is 24.0 Å². The van der Waals surface area contributed by atoms with E-state index in [-0.39, 0.29) is 11.6 Å². The van der Waals surface area contributed by atoms with Crippen molar-refractivity contribution in [2.45, 2.75) is 32.4 Å². The summed E-state index contributed by atoms with van der Waals surface area (Å²) in [6, 6.07) is 4.00. The maximum Gasteiger partial charge on any atom is 0.214 e. The van der Waals surface area contributed by atoms with Crippen molar-refractivity contribution in [3.05, 3.63) is 23.5 Å². The van der Waals surface area contributed by atoms with Gasteiger partial charge in [0.1, 0.15) is 26.2 Å². The first-order valence-corrected chi connectivity index (χ1v) is 10.0. The highest BCUT2D eigenvalue weighted by Crippen LogP contribution is 2.40. The second-order valence-corrected chi connectivity index (χ2v) is 8.63. The molecule has 1 atom stereocenters. The van der Waals surface area contributed by atoms with Gasteiger partial charge in [-0.1, -0.05) is 0 Å². The lowest BCUT2D eigenvalue weighted by Gasteiger charge is -2.34. The summed E-state index contributed by atoms with van der Waals surface area (Å²) >= 11 is 0. The van der Waals surface area contributed by atoms with E-state index in [0.29, 0.717) is 17.2 Å². The molecule has 1 aromatic carbocycles. The Balaban J connectivity index is 2.15. The molecule has 160 valence electrons. The molecule has 1 saturated heterocycles. The summed E-state index contributed by atoms with van der Waals surface area (Å²) in [5.74, 6) is 2.72. The van der Waals surface area contributed by atoms with Crippen LogP contribution in [0.15, 0.2) is 12.1 Å². The monoisotopic (exact) mass is 406 g/mol. The number of quaternary nitrogens is 2. The molecule has 0 radical (unpaired) electrons. The number of hydrogen-bond donors (Lipinski definition) is 2. The number of nitrogens with one attached hydrogen (secondary N) is 2. The van der Waals surface area contributed by atoms with Gasteiger partial charge in [0.25, 0.3) is 0 Å². The second kappa shape index (κ2) is 8.54. The molecule has 0 bridgehead atoms. The normalized spacial score (nSPS) is 20.9. The molecule has 0 amide bonds. The van der Waals surface area contributed by atoms with Crippen LogP contribution in [0.4, 0.5) is 0 Å². The third-order valence-corrected chi connectivity index (χ3v) is 5.56. The molecule has 2 N–H and O–H groups in total. The zero-order valence-electron chi connectivity index (χ0n) is 18.6. The molecule has 0 unspecified atom stereocenters. The number of rotatable bonds is 6. The highest BCUT2D eigenvalue weighted by Gasteiger charge is 2.38. The zero-order chi connectivity index (χ0) is 21.2. The van der Waals surface area contributed by atoms with Crippen LogP contribution < -0.4 is 24.0 Å². The fourth-order valence-electron chi connectivity index (χ4n) is 3.97. The number of methoxy groups -OCH3 is 3. The van der Waals surface area contributed by atoms with Crippen molar-refractivity contribution in [3.63, 3.8) is 0 Å². The van der Waals surface area contributed by atoms with Gasteiger partial charge in [0.05, 0.1) is 33.9 Å². The topological polar surface area (TPSA) is 80.2 Å². The summed E-state index contributed by atoms with van der Waals surface area (Å²) in [7, 11) is 7.14. The fourth-order valence-corrected chi connectivity index (χ4v) is 3.97. The van der Waals surface area contributed by atoms with Crippen molar-refractivity contribution < 1.29 is 24.0 Å². The Morgan fingerprint density at radius 1 is 0.966 bits per heavy atom. The zero-order valence-corrected chi connectivity index (χ0v) is 18.6. The number of ether oxygens (including phenoxy) is 3. The molecule has 3 rings (SSSR count). The summed E-state index contributed by atoms with van der Waals surface area (Å²) in [6.45, 7) is 10.6. The molecule has 29 heavy (non-hydrogen) atoms. The highest BCUT2D eigenvalue weighted by molar-refractivity contribution is 5.54. The second-order valence-electron chi connectivity index (χ2n) is 8.63. The van der Waals surface area contributed by atoms with Gasteiger partial charge in [0.2, 0.25) is 11.6 Å². The van der Waals surface area contributed by atoms with Crippen molar-refractivity contribution in [1.29, 1.82) is 0 Å². The standard InChI is InChI=1S/C20H32N6O3/c1-20(2,3)26-19(21-22-23-26)17(25-10-8-24(4)9-11-25)14-12-15(27-5)18(29-7)16(13-14)28-6/h12-13,17H,8-11H2,1-7H3/p+2/t17-/m0/s1. The fraction of sp³-hybridized carbons (Fsp3) is 0.650. The van der Waals surface area contributed by atoms with Crippen LogP contribution in [-0.2, 0) is 5.54 Å². The van der Waals surface area contributed by atoms with Crippen molar-refractivity contribution in [2.24, 2.45) is 0 Å². The molecule has 0 spiro atoms. The van der Waals surface area contributed by atoms with Gasteiger partial charge in [-0.15, -0.1) is 5.10 Å². The maximum absolute atomic E-state index is 5.61. The van der Waals surface area contributed by atoms with Gasteiger partial charge >= 0.3 is 0 Å². The van der Waals surface area contributed by atoms with Crippen molar-refractivity contribution in [3.8, 4) is 17.2 Å². The average Bonchev–Trinajstić information content (AvgIpc) is 3.18. The Hall–Kier alpha value is -2.39. The maximum atomic E-state index is 5.61. The summed E-state index contributed by atoms with van der Waals surface area (Å²) in [6.07, 6.45) is 0. The molecule has 9 nitrogen and oxygen atoms in total. The Morgan fingerprint density at radius 3 is 2.03 bits per heavy atom. The van der Waals surface area contributed by atoms with Crippen LogP contribution in [0.5, 0.6) is 17.2 Å². The summed E-state index contributed by atoms with van der Waals surface area (Å²) in [5.41, 5.74) is 0.823. The number of likely N-dealkylation sites (N-methyl/N-ethyl adjacent to an activating group) is 1. The minimum atomic E-state index is -0.227. The van der Waals surface area contributed by atoms with Gasteiger partial charge in [0.15, 0.2) is 17.5 Å². The van der Waals surface area contributed by atoms with Gasteiger partial charge in [0, 0.05) is 5.56 Å². The van der Waals surface area contributed by atoms with Crippen LogP contribution in [0.1, 0.15) is 38.2 Å². The van der Waals surface area contributed by atoms with E-state index in [1.165, 1.54) is 4.90 Å². The van der Waals surface area contributed by atoms with Gasteiger partial charge in [-0.25, -0.2) is 4.68 Å². The number of benzene rings is 1. The number of tetrazole rings is 1. The summed E-state index contributed by atoms with van der Waals surface area (Å²) < 4.78 is 18.7. The molecule has 1 aliphatic heterocycles. The largest absolute Gasteiger partial charge is 0.493 e. The van der Waals surface area contributed by atoms with E-state index in [0.717, 1.165) is 37.6 Å². The van der Waals surface area contributed by atoms with E-state index in [1.54, 1.807) is 26.2 Å². The third-order valence-electron chi connectivity index (χ3n) is 5.56. The van der Waals surface area contributed by atoms with E-state index < -0.39 is 0 Å². The molecule has 0 aliphatic carbocycles. The first-order chi connectivity index (χ1) is 13.8. The third kappa shape index (κ3) is 4.30. The Labute approximate surface area is 172 Å². The Kier molecular flexibility index (Phi) is 6.28. The quantitative estimate of drug-likeness (QED) is 0.638. The number of piperazine rings is 1. The molecule has 2 heterocycles. The Morgan fingerprint density at radius 2 is 1.55 bits per heavy atom. The number of aromatic nitrogens is 4. The molecular weight excluding hydrogens is 372 g/mol. The lowest BCUT2D eigenvalue weighted by molar-refractivity contribution is -1.02. The van der Waals surface area contributed by atoms with Crippen molar-refractivity contribution in [2.75, 3.05) is 54.6 Å². The van der Waals surface area contributed by atoms with E-state index in [4.69, 9.17) is 14.2 Å². The first-order valence-electron chi connectivity index (χ1n) is 10.0. The van der Waals surface area contributed by atoms with Gasteiger partial charge in [-0.2, -0.15) is 0 Å². The van der Waals surface area contributed by atoms with E-state index in [9.17, 15) is 0 Å². The highest BCUT2D eigenvalue weighted by atomic mass is 16.5. The average molecular weight is 407 g/mol. The lowest BCUT2D eigenvalue weighted by Crippen LogP contribution is -3.27. The molecular formula is C20H34N6O3+2. The van der Waals surface area contributed by atoms with E-state index in [2.05, 4.69) is 43.3 Å². The molecule has 9 heteroatoms. The number of nitrogens with zero attached hydrogens (tertiary/aromatic N) is 4. The molecule has 1 fully saturated rings. The lowest BCUT2D eigenvalue weighted by atomic mass is 10.0. The SMILES string of the molecule is COc1cc([C@@H](c2nnnn2C(C)(C)C)[NH+]2CC[NH+](C)CC2)cc(OC)c1OC. The van der Waals surface area contributed by atoms with Gasteiger partial charge in [-0.05, 0) is 43.3 Å². The smallest absolute Gasteiger partial charge is 0.214 e. The minimum Gasteiger partial charge on any atom is -0.493 e. The van der Waals surface area contributed by atoms with Crippen molar-refractivity contribution in [1.82, 2.24) is 20.2 Å². The number of hydrogen-bond acceptors (Lipinski definition) is 6. The Bertz CT molecular complexity index is 799. The van der Waals surface area contributed by atoms with E-state index >= 15 is 0 Å². The van der Waals surface area contributed by atoms with Crippen LogP contribution in [0.2, 0.25) is 0 Å². The molecule has 1 aromatic heterocycles. The van der Waals surface area contributed by atoms with Crippen LogP contribution in [0.3, 0.4) is 0 Å². The minimum absolute atomic E-state index is 0.0361. The van der Waals surface area contributed by atoms with Crippen LogP contribution >= 0.6 is 0 Å². The summed E-state index contributed by atoms with van der Waals surface area (Å²) in [5, 5.41) is 12.8. The molecule has 0 saturated carbocycles. The predicted octanol–water partition coefficient (Wildman–Crippen LogP) is -1.04. The summed E-state index contributed by atoms with van der Waals surface area (Å²) in [4.78, 5) is 2.98. The predicted molar refractivity (Wildman–Crippen MR) is 108 cm³/mol. The van der Waals surface area contributed by atoms with Gasteiger partial charge in [-0.3, -0.25) is 0 Å². The van der Waals surface area contributed by atoms with Crippen molar-refractivity contribution >= 4 is 0 Å².